The van der Waals surface area contributed by atoms with Crippen LogP contribution in [0.5, 0.6) is 0 Å². The molecule has 0 spiro atoms. The van der Waals surface area contributed by atoms with Gasteiger partial charge in [0.2, 0.25) is 0 Å². The molecule has 0 saturated heterocycles. The number of pyridine rings is 1. The summed E-state index contributed by atoms with van der Waals surface area (Å²) in [6.45, 7) is 4.10. The van der Waals surface area contributed by atoms with Crippen LogP contribution >= 0.6 is 23.5 Å². The van der Waals surface area contributed by atoms with Gasteiger partial charge in [-0.2, -0.15) is 0 Å². The Hall–Kier alpha value is -3.43. The van der Waals surface area contributed by atoms with Crippen LogP contribution in [0.3, 0.4) is 0 Å². The summed E-state index contributed by atoms with van der Waals surface area (Å²) in [5, 5.41) is 11.0. The van der Waals surface area contributed by atoms with Crippen LogP contribution in [0.15, 0.2) is 82.1 Å². The van der Waals surface area contributed by atoms with Gasteiger partial charge in [-0.15, -0.1) is 10.2 Å². The van der Waals surface area contributed by atoms with E-state index in [0.717, 1.165) is 44.9 Å². The predicted octanol–water partition coefficient (Wildman–Crippen LogP) is 5.10. The van der Waals surface area contributed by atoms with Gasteiger partial charge in [-0.25, -0.2) is 4.98 Å². The Morgan fingerprint density at radius 3 is 2.80 bits per heavy atom. The van der Waals surface area contributed by atoms with Crippen molar-refractivity contribution >= 4 is 34.4 Å². The highest BCUT2D eigenvalue weighted by molar-refractivity contribution is 8.00. The Morgan fingerprint density at radius 1 is 1.09 bits per heavy atom. The molecule has 174 valence electrons. The third-order valence-electron chi connectivity index (χ3n) is 6.10. The Labute approximate surface area is 210 Å². The Morgan fingerprint density at radius 2 is 1.97 bits per heavy atom. The molecule has 0 radical (unpaired) electrons. The molecule has 9 heteroatoms. The van der Waals surface area contributed by atoms with E-state index in [9.17, 15) is 4.79 Å². The van der Waals surface area contributed by atoms with Crippen molar-refractivity contribution in [2.24, 2.45) is 0 Å². The van der Waals surface area contributed by atoms with Gasteiger partial charge < -0.3 is 0 Å². The fourth-order valence-electron chi connectivity index (χ4n) is 4.41. The summed E-state index contributed by atoms with van der Waals surface area (Å²) < 4.78 is 3.95. The lowest BCUT2D eigenvalue weighted by atomic mass is 10.1. The molecule has 0 aliphatic carbocycles. The molecule has 0 saturated carbocycles. The molecule has 0 bridgehead atoms. The highest BCUT2D eigenvalue weighted by atomic mass is 32.2. The maximum atomic E-state index is 13.7. The SMILES string of the molecule is Cc1ccc(-n2c(SCC3CSc4nnc(-c5cccnc5)n43)nc3ccccc3c2=O)c(C)c1. The van der Waals surface area contributed by atoms with Crippen LogP contribution in [0, 0.1) is 13.8 Å². The maximum Gasteiger partial charge on any atom is 0.266 e. The van der Waals surface area contributed by atoms with E-state index in [-0.39, 0.29) is 11.6 Å². The number of para-hydroxylation sites is 1. The van der Waals surface area contributed by atoms with E-state index in [1.807, 2.05) is 61.7 Å². The zero-order valence-corrected chi connectivity index (χ0v) is 20.9. The van der Waals surface area contributed by atoms with Crippen molar-refractivity contribution in [3.05, 3.63) is 88.5 Å². The average molecular weight is 499 g/mol. The van der Waals surface area contributed by atoms with E-state index in [1.54, 1.807) is 34.3 Å². The normalized spacial score (nSPS) is 15.0. The first-order chi connectivity index (χ1) is 17.1. The van der Waals surface area contributed by atoms with Crippen LogP contribution in [-0.2, 0) is 0 Å². The zero-order chi connectivity index (χ0) is 23.9. The molecular weight excluding hydrogens is 476 g/mol. The van der Waals surface area contributed by atoms with E-state index >= 15 is 0 Å². The van der Waals surface area contributed by atoms with Gasteiger partial charge >= 0.3 is 0 Å². The molecule has 0 fully saturated rings. The lowest BCUT2D eigenvalue weighted by molar-refractivity contribution is 0.596. The molecule has 0 N–H and O–H groups in total. The fraction of sp³-hybridized carbons (Fsp3) is 0.192. The monoisotopic (exact) mass is 498 g/mol. The van der Waals surface area contributed by atoms with Crippen LogP contribution < -0.4 is 5.56 Å². The molecule has 1 unspecified atom stereocenters. The standard InChI is InChI=1S/C26H22N6OS2/c1-16-9-10-22(17(2)12-16)32-24(33)20-7-3-4-8-21(20)28-25(32)34-14-19-15-35-26-30-29-23(31(19)26)18-6-5-11-27-13-18/h3-13,19H,14-15H2,1-2H3. The first-order valence-corrected chi connectivity index (χ1v) is 13.3. The summed E-state index contributed by atoms with van der Waals surface area (Å²) in [5.74, 6) is 2.45. The van der Waals surface area contributed by atoms with E-state index in [1.165, 1.54) is 0 Å². The van der Waals surface area contributed by atoms with Gasteiger partial charge in [-0.05, 0) is 49.7 Å². The molecule has 1 atom stereocenters. The highest BCUT2D eigenvalue weighted by Crippen LogP contribution is 2.39. The first kappa shape index (κ1) is 22.1. The molecule has 6 rings (SSSR count). The first-order valence-electron chi connectivity index (χ1n) is 11.3. The van der Waals surface area contributed by atoms with Crippen molar-refractivity contribution in [1.82, 2.24) is 29.3 Å². The van der Waals surface area contributed by atoms with Gasteiger partial charge in [0.15, 0.2) is 16.1 Å². The van der Waals surface area contributed by atoms with Crippen LogP contribution in [0.1, 0.15) is 17.2 Å². The Balaban J connectivity index is 1.40. The number of hydrogen-bond donors (Lipinski definition) is 0. The molecule has 1 aliphatic heterocycles. The minimum absolute atomic E-state index is 0.0492. The zero-order valence-electron chi connectivity index (χ0n) is 19.3. The van der Waals surface area contributed by atoms with Crippen LogP contribution in [-0.4, -0.2) is 40.8 Å². The third kappa shape index (κ3) is 3.94. The summed E-state index contributed by atoms with van der Waals surface area (Å²) in [5.41, 5.74) is 4.67. The van der Waals surface area contributed by atoms with E-state index in [2.05, 4.69) is 32.7 Å². The number of rotatable bonds is 5. The second kappa shape index (κ2) is 8.98. The second-order valence-electron chi connectivity index (χ2n) is 8.54. The van der Waals surface area contributed by atoms with Crippen molar-refractivity contribution in [3.8, 4) is 17.1 Å². The highest BCUT2D eigenvalue weighted by Gasteiger charge is 2.29. The largest absolute Gasteiger partial charge is 0.297 e. The third-order valence-corrected chi connectivity index (χ3v) is 8.27. The van der Waals surface area contributed by atoms with Crippen LogP contribution in [0.25, 0.3) is 28.0 Å². The van der Waals surface area contributed by atoms with Crippen molar-refractivity contribution in [2.45, 2.75) is 30.2 Å². The van der Waals surface area contributed by atoms with Crippen molar-refractivity contribution in [3.63, 3.8) is 0 Å². The smallest absolute Gasteiger partial charge is 0.266 e. The van der Waals surface area contributed by atoms with Crippen molar-refractivity contribution in [1.29, 1.82) is 0 Å². The predicted molar refractivity (Wildman–Crippen MR) is 141 cm³/mol. The Bertz CT molecular complexity index is 1610. The number of thioether (sulfide) groups is 2. The van der Waals surface area contributed by atoms with Gasteiger partial charge in [-0.1, -0.05) is 53.4 Å². The molecule has 7 nitrogen and oxygen atoms in total. The maximum absolute atomic E-state index is 13.7. The molecule has 5 aromatic rings. The van der Waals surface area contributed by atoms with Gasteiger partial charge in [0.1, 0.15) is 0 Å². The number of aryl methyl sites for hydroxylation is 2. The quantitative estimate of drug-likeness (QED) is 0.247. The number of fused-ring (bicyclic) bond motifs is 2. The minimum atomic E-state index is -0.0492. The molecule has 3 aromatic heterocycles. The second-order valence-corrected chi connectivity index (χ2v) is 10.5. The van der Waals surface area contributed by atoms with Crippen LogP contribution in [0.2, 0.25) is 0 Å². The fourth-order valence-corrected chi connectivity index (χ4v) is 6.73. The summed E-state index contributed by atoms with van der Waals surface area (Å²) in [7, 11) is 0. The minimum Gasteiger partial charge on any atom is -0.297 e. The van der Waals surface area contributed by atoms with Crippen LogP contribution in [0.4, 0.5) is 0 Å². The van der Waals surface area contributed by atoms with Gasteiger partial charge in [0.05, 0.1) is 22.6 Å². The Kier molecular flexibility index (Phi) is 5.66. The molecular formula is C26H22N6OS2. The molecule has 35 heavy (non-hydrogen) atoms. The summed E-state index contributed by atoms with van der Waals surface area (Å²) >= 11 is 3.30. The molecule has 0 amide bonds. The molecule has 4 heterocycles. The lowest BCUT2D eigenvalue weighted by Gasteiger charge is -2.18. The summed E-state index contributed by atoms with van der Waals surface area (Å²) in [6, 6.07) is 17.8. The average Bonchev–Trinajstić information content (AvgIpc) is 3.47. The van der Waals surface area contributed by atoms with Gasteiger partial charge in [-0.3, -0.25) is 18.9 Å². The van der Waals surface area contributed by atoms with E-state index in [4.69, 9.17) is 4.98 Å². The molecule has 2 aromatic carbocycles. The van der Waals surface area contributed by atoms with Crippen molar-refractivity contribution < 1.29 is 0 Å². The van der Waals surface area contributed by atoms with Gasteiger partial charge in [0, 0.05) is 29.5 Å². The topological polar surface area (TPSA) is 78.5 Å². The number of nitrogens with zero attached hydrogens (tertiary/aromatic N) is 6. The summed E-state index contributed by atoms with van der Waals surface area (Å²) in [6.07, 6.45) is 3.57. The van der Waals surface area contributed by atoms with Crippen molar-refractivity contribution in [2.75, 3.05) is 11.5 Å². The summed E-state index contributed by atoms with van der Waals surface area (Å²) in [4.78, 5) is 22.8. The number of hydrogen-bond acceptors (Lipinski definition) is 7. The van der Waals surface area contributed by atoms with E-state index in [0.29, 0.717) is 16.1 Å². The number of aromatic nitrogens is 6. The number of benzene rings is 2. The molecule has 1 aliphatic rings. The van der Waals surface area contributed by atoms with Gasteiger partial charge in [0.25, 0.3) is 5.56 Å². The lowest BCUT2D eigenvalue weighted by Crippen LogP contribution is -2.23. The van der Waals surface area contributed by atoms with E-state index < -0.39 is 0 Å².